The second kappa shape index (κ2) is 8.67. The predicted octanol–water partition coefficient (Wildman–Crippen LogP) is 4.23. The zero-order valence-corrected chi connectivity index (χ0v) is 15.0. The summed E-state index contributed by atoms with van der Waals surface area (Å²) in [6.07, 6.45) is 7.28. The highest BCUT2D eigenvalue weighted by Crippen LogP contribution is 2.19. The van der Waals surface area contributed by atoms with Crippen molar-refractivity contribution in [3.63, 3.8) is 0 Å². The third-order valence-electron chi connectivity index (χ3n) is 4.54. The van der Waals surface area contributed by atoms with Gasteiger partial charge < -0.3 is 9.64 Å². The maximum Gasteiger partial charge on any atom is 0.128 e. The Balaban J connectivity index is 1.58. The number of pyridine rings is 1. The molecule has 2 aromatic rings. The molecule has 0 spiro atoms. The van der Waals surface area contributed by atoms with Gasteiger partial charge in [0.2, 0.25) is 0 Å². The number of rotatable bonds is 7. The van der Waals surface area contributed by atoms with E-state index in [9.17, 15) is 0 Å². The third kappa shape index (κ3) is 5.07. The lowest BCUT2D eigenvalue weighted by atomic mass is 10.1. The van der Waals surface area contributed by atoms with Gasteiger partial charge in [-0.25, -0.2) is 4.98 Å². The number of hydrogen-bond donors (Lipinski definition) is 0. The molecule has 0 amide bonds. The average Bonchev–Trinajstić information content (AvgIpc) is 2.64. The van der Waals surface area contributed by atoms with E-state index < -0.39 is 0 Å². The van der Waals surface area contributed by atoms with E-state index in [1.54, 1.807) is 0 Å². The van der Waals surface area contributed by atoms with Crippen molar-refractivity contribution in [1.29, 1.82) is 0 Å². The molecule has 132 valence electrons. The van der Waals surface area contributed by atoms with E-state index in [1.165, 1.54) is 36.7 Å². The number of hydrogen-bond acceptors (Lipinski definition) is 4. The van der Waals surface area contributed by atoms with Crippen molar-refractivity contribution in [2.75, 3.05) is 25.0 Å². The number of piperidine rings is 1. The van der Waals surface area contributed by atoms with Gasteiger partial charge in [-0.05, 0) is 61.7 Å². The van der Waals surface area contributed by atoms with Crippen molar-refractivity contribution in [1.82, 2.24) is 9.88 Å². The topological polar surface area (TPSA) is 28.6 Å². The number of anilines is 1. The van der Waals surface area contributed by atoms with Gasteiger partial charge in [-0.1, -0.05) is 18.7 Å². The minimum atomic E-state index is 0.821. The molecule has 0 bridgehead atoms. The van der Waals surface area contributed by atoms with Crippen LogP contribution in [-0.4, -0.2) is 30.0 Å². The summed E-state index contributed by atoms with van der Waals surface area (Å²) in [6.45, 7) is 7.65. The van der Waals surface area contributed by atoms with Gasteiger partial charge in [0.25, 0.3) is 0 Å². The molecular weight excluding hydrogens is 310 g/mol. The summed E-state index contributed by atoms with van der Waals surface area (Å²) in [5, 5.41) is 0. The zero-order valence-electron chi connectivity index (χ0n) is 15.0. The standard InChI is InChI=1S/C21H27N3O/c1-3-25-20-9-7-18(8-10-20)16-23(2)17-19-11-12-22-21(15-19)24-13-5-4-6-14-24/h3,7-12,15H,1,4-6,13-14,16-17H2,2H3. The normalized spacial score (nSPS) is 14.6. The largest absolute Gasteiger partial charge is 0.466 e. The Morgan fingerprint density at radius 2 is 1.80 bits per heavy atom. The van der Waals surface area contributed by atoms with Gasteiger partial charge in [-0.15, -0.1) is 0 Å². The Bertz CT molecular complexity index is 678. The maximum atomic E-state index is 5.27. The van der Waals surface area contributed by atoms with E-state index in [2.05, 4.69) is 52.7 Å². The Morgan fingerprint density at radius 1 is 1.08 bits per heavy atom. The first kappa shape index (κ1) is 17.5. The molecule has 1 fully saturated rings. The van der Waals surface area contributed by atoms with Crippen molar-refractivity contribution >= 4 is 5.82 Å². The van der Waals surface area contributed by atoms with Crippen molar-refractivity contribution in [3.8, 4) is 5.75 Å². The molecule has 1 saturated heterocycles. The summed E-state index contributed by atoms with van der Waals surface area (Å²) in [5.41, 5.74) is 2.58. The van der Waals surface area contributed by atoms with Crippen molar-refractivity contribution in [2.45, 2.75) is 32.4 Å². The maximum absolute atomic E-state index is 5.27. The van der Waals surface area contributed by atoms with E-state index in [-0.39, 0.29) is 0 Å². The van der Waals surface area contributed by atoms with Gasteiger partial charge in [0.05, 0.1) is 6.26 Å². The fourth-order valence-electron chi connectivity index (χ4n) is 3.30. The van der Waals surface area contributed by atoms with Gasteiger partial charge in [0.1, 0.15) is 11.6 Å². The second-order valence-corrected chi connectivity index (χ2v) is 6.67. The number of aromatic nitrogens is 1. The molecule has 0 N–H and O–H groups in total. The van der Waals surface area contributed by atoms with Crippen LogP contribution in [0.15, 0.2) is 55.4 Å². The third-order valence-corrected chi connectivity index (χ3v) is 4.54. The zero-order chi connectivity index (χ0) is 17.5. The molecule has 1 aromatic heterocycles. The van der Waals surface area contributed by atoms with E-state index in [4.69, 9.17) is 4.74 Å². The van der Waals surface area contributed by atoms with Crippen LogP contribution in [0.1, 0.15) is 30.4 Å². The van der Waals surface area contributed by atoms with Crippen LogP contribution in [0.3, 0.4) is 0 Å². The first-order valence-electron chi connectivity index (χ1n) is 8.99. The van der Waals surface area contributed by atoms with Crippen LogP contribution in [0.25, 0.3) is 0 Å². The average molecular weight is 337 g/mol. The van der Waals surface area contributed by atoms with Gasteiger partial charge in [0.15, 0.2) is 0 Å². The highest BCUT2D eigenvalue weighted by atomic mass is 16.5. The molecule has 0 aliphatic carbocycles. The quantitative estimate of drug-likeness (QED) is 0.707. The van der Waals surface area contributed by atoms with Gasteiger partial charge in [0, 0.05) is 32.4 Å². The lowest BCUT2D eigenvalue weighted by molar-refractivity contribution is 0.319. The van der Waals surface area contributed by atoms with Crippen molar-refractivity contribution < 1.29 is 4.74 Å². The summed E-state index contributed by atoms with van der Waals surface area (Å²) < 4.78 is 5.27. The molecule has 1 aliphatic rings. The molecule has 2 heterocycles. The molecule has 4 nitrogen and oxygen atoms in total. The molecule has 4 heteroatoms. The fourth-order valence-corrected chi connectivity index (χ4v) is 3.30. The second-order valence-electron chi connectivity index (χ2n) is 6.67. The first-order valence-corrected chi connectivity index (χ1v) is 8.99. The van der Waals surface area contributed by atoms with Gasteiger partial charge in [-0.3, -0.25) is 4.90 Å². The minimum Gasteiger partial charge on any atom is -0.466 e. The Kier molecular flexibility index (Phi) is 6.07. The number of nitrogens with zero attached hydrogens (tertiary/aromatic N) is 3. The van der Waals surface area contributed by atoms with Gasteiger partial charge in [-0.2, -0.15) is 0 Å². The monoisotopic (exact) mass is 337 g/mol. The van der Waals surface area contributed by atoms with Crippen LogP contribution in [-0.2, 0) is 13.1 Å². The smallest absolute Gasteiger partial charge is 0.128 e. The minimum absolute atomic E-state index is 0.821. The van der Waals surface area contributed by atoms with E-state index in [0.29, 0.717) is 0 Å². The van der Waals surface area contributed by atoms with Crippen LogP contribution in [0, 0.1) is 0 Å². The molecule has 1 aromatic carbocycles. The summed E-state index contributed by atoms with van der Waals surface area (Å²) in [5.74, 6) is 1.94. The van der Waals surface area contributed by atoms with Crippen LogP contribution < -0.4 is 9.64 Å². The molecule has 1 aliphatic heterocycles. The first-order chi connectivity index (χ1) is 12.2. The Labute approximate surface area is 150 Å². The van der Waals surface area contributed by atoms with Crippen LogP contribution in [0.4, 0.5) is 5.82 Å². The molecule has 25 heavy (non-hydrogen) atoms. The molecule has 3 rings (SSSR count). The Hall–Kier alpha value is -2.33. The summed E-state index contributed by atoms with van der Waals surface area (Å²) >= 11 is 0. The van der Waals surface area contributed by atoms with Crippen molar-refractivity contribution in [3.05, 3.63) is 66.6 Å². The van der Waals surface area contributed by atoms with Gasteiger partial charge >= 0.3 is 0 Å². The fraction of sp³-hybridized carbons (Fsp3) is 0.381. The lowest BCUT2D eigenvalue weighted by Gasteiger charge is -2.28. The van der Waals surface area contributed by atoms with Crippen LogP contribution in [0.5, 0.6) is 5.75 Å². The molecule has 0 saturated carbocycles. The Morgan fingerprint density at radius 3 is 2.52 bits per heavy atom. The molecule has 0 unspecified atom stereocenters. The molecule has 0 radical (unpaired) electrons. The molecule has 0 atom stereocenters. The molecular formula is C21H27N3O. The highest BCUT2D eigenvalue weighted by Gasteiger charge is 2.12. The lowest BCUT2D eigenvalue weighted by Crippen LogP contribution is -2.30. The summed E-state index contributed by atoms with van der Waals surface area (Å²) in [4.78, 5) is 9.29. The number of benzene rings is 1. The van der Waals surface area contributed by atoms with Crippen LogP contribution in [0.2, 0.25) is 0 Å². The van der Waals surface area contributed by atoms with Crippen LogP contribution >= 0.6 is 0 Å². The SMILES string of the molecule is C=COc1ccc(CN(C)Cc2ccnc(N3CCCCC3)c2)cc1. The predicted molar refractivity (Wildman–Crippen MR) is 103 cm³/mol. The summed E-state index contributed by atoms with van der Waals surface area (Å²) in [7, 11) is 2.15. The number of ether oxygens (including phenoxy) is 1. The van der Waals surface area contributed by atoms with Crippen molar-refractivity contribution in [2.24, 2.45) is 0 Å². The summed E-state index contributed by atoms with van der Waals surface area (Å²) in [6, 6.07) is 12.5. The van der Waals surface area contributed by atoms with E-state index in [0.717, 1.165) is 37.7 Å². The van der Waals surface area contributed by atoms with E-state index in [1.807, 2.05) is 18.3 Å². The highest BCUT2D eigenvalue weighted by molar-refractivity contribution is 5.41. The van der Waals surface area contributed by atoms with E-state index >= 15 is 0 Å².